The van der Waals surface area contributed by atoms with Gasteiger partial charge in [0.25, 0.3) is 10.0 Å². The smallest absolute Gasteiger partial charge is 0.382 e. The Morgan fingerprint density at radius 1 is 1.12 bits per heavy atom. The molecule has 1 fully saturated rings. The fourth-order valence-corrected chi connectivity index (χ4v) is 4.32. The number of rotatable bonds is 3. The Morgan fingerprint density at radius 2 is 1.76 bits per heavy atom. The Hall–Kier alpha value is -2.04. The average Bonchev–Trinajstić information content (AvgIpc) is 2.51. The van der Waals surface area contributed by atoms with E-state index in [0.29, 0.717) is 10.4 Å². The predicted molar refractivity (Wildman–Crippen MR) is 78.3 cm³/mol. The van der Waals surface area contributed by atoms with Crippen LogP contribution in [0.1, 0.15) is 11.1 Å². The lowest BCUT2D eigenvalue weighted by Crippen LogP contribution is -2.61. The van der Waals surface area contributed by atoms with Crippen LogP contribution in [0.2, 0.25) is 0 Å². The highest BCUT2D eigenvalue weighted by molar-refractivity contribution is 7.89. The van der Waals surface area contributed by atoms with Gasteiger partial charge in [0.1, 0.15) is 11.4 Å². The molecule has 25 heavy (non-hydrogen) atoms. The second-order valence-corrected chi connectivity index (χ2v) is 7.49. The van der Waals surface area contributed by atoms with Gasteiger partial charge in [0.05, 0.1) is 5.56 Å². The second-order valence-electron chi connectivity index (χ2n) is 5.64. The molecule has 5 nitrogen and oxygen atoms in total. The summed E-state index contributed by atoms with van der Waals surface area (Å²) in [5.74, 6) is -0.726. The van der Waals surface area contributed by atoms with Gasteiger partial charge < -0.3 is 5.11 Å². The number of alkyl halides is 3. The average molecular weight is 376 g/mol. The Balaban J connectivity index is 1.92. The van der Waals surface area contributed by atoms with Crippen LogP contribution in [-0.4, -0.2) is 35.9 Å². The number of β-amino-alcohol motifs (C(OH)–C–C–N with tert-alkyl or cyclic N) is 1. The monoisotopic (exact) mass is 376 g/mol. The second kappa shape index (κ2) is 5.75. The van der Waals surface area contributed by atoms with Gasteiger partial charge in [-0.1, -0.05) is 18.2 Å². The molecule has 3 rings (SSSR count). The minimum atomic E-state index is -4.90. The van der Waals surface area contributed by atoms with Crippen LogP contribution in [0.5, 0.6) is 0 Å². The molecule has 1 saturated heterocycles. The van der Waals surface area contributed by atoms with Crippen molar-refractivity contribution in [3.8, 4) is 0 Å². The summed E-state index contributed by atoms with van der Waals surface area (Å²) in [6.45, 7) is -1.13. The van der Waals surface area contributed by atoms with Gasteiger partial charge in [-0.3, -0.25) is 0 Å². The number of benzene rings is 1. The Morgan fingerprint density at radius 3 is 2.36 bits per heavy atom. The molecular formula is C15H12F4N2O3S. The van der Waals surface area contributed by atoms with Gasteiger partial charge >= 0.3 is 6.18 Å². The molecule has 0 radical (unpaired) electrons. The SMILES string of the molecule is O=S(=O)(c1ncccc1C(F)(F)F)N1CC(O)(c2ccccc2F)C1. The van der Waals surface area contributed by atoms with Crippen molar-refractivity contribution in [3.63, 3.8) is 0 Å². The lowest BCUT2D eigenvalue weighted by atomic mass is 9.88. The summed E-state index contributed by atoms with van der Waals surface area (Å²) in [5.41, 5.74) is -3.30. The Bertz CT molecular complexity index is 909. The maximum Gasteiger partial charge on any atom is 0.419 e. The zero-order chi connectivity index (χ0) is 18.5. The van der Waals surface area contributed by atoms with Crippen LogP contribution in [0.3, 0.4) is 0 Å². The first-order valence-electron chi connectivity index (χ1n) is 7.05. The highest BCUT2D eigenvalue weighted by Gasteiger charge is 2.51. The quantitative estimate of drug-likeness (QED) is 0.834. The van der Waals surface area contributed by atoms with Gasteiger partial charge in [-0.05, 0) is 18.2 Å². The number of halogens is 4. The van der Waals surface area contributed by atoms with E-state index in [0.717, 1.165) is 18.3 Å². The molecule has 1 N–H and O–H groups in total. The largest absolute Gasteiger partial charge is 0.419 e. The van der Waals surface area contributed by atoms with E-state index in [1.54, 1.807) is 0 Å². The van der Waals surface area contributed by atoms with Crippen LogP contribution in [0, 0.1) is 5.82 Å². The van der Waals surface area contributed by atoms with Crippen molar-refractivity contribution in [2.45, 2.75) is 16.8 Å². The normalized spacial score (nSPS) is 18.0. The highest BCUT2D eigenvalue weighted by Crippen LogP contribution is 2.39. The predicted octanol–water partition coefficient (Wildman–Crippen LogP) is 2.13. The summed E-state index contributed by atoms with van der Waals surface area (Å²) >= 11 is 0. The molecule has 0 amide bonds. The first kappa shape index (κ1) is 17.8. The summed E-state index contributed by atoms with van der Waals surface area (Å²) in [6.07, 6.45) is -3.96. The number of aromatic nitrogens is 1. The highest BCUT2D eigenvalue weighted by atomic mass is 32.2. The molecule has 1 aromatic heterocycles. The van der Waals surface area contributed by atoms with Crippen molar-refractivity contribution in [2.24, 2.45) is 0 Å². The molecular weight excluding hydrogens is 364 g/mol. The Labute approximate surface area is 140 Å². The molecule has 0 bridgehead atoms. The van der Waals surface area contributed by atoms with Crippen molar-refractivity contribution in [2.75, 3.05) is 13.1 Å². The molecule has 0 aliphatic carbocycles. The maximum absolute atomic E-state index is 13.8. The molecule has 0 saturated carbocycles. The van der Waals surface area contributed by atoms with Crippen LogP contribution in [-0.2, 0) is 21.8 Å². The van der Waals surface area contributed by atoms with Gasteiger partial charge in [-0.2, -0.15) is 17.5 Å². The van der Waals surface area contributed by atoms with E-state index in [9.17, 15) is 31.1 Å². The Kier molecular flexibility index (Phi) is 4.09. The van der Waals surface area contributed by atoms with Crippen LogP contribution in [0.4, 0.5) is 17.6 Å². The van der Waals surface area contributed by atoms with Gasteiger partial charge in [-0.25, -0.2) is 17.8 Å². The van der Waals surface area contributed by atoms with Crippen LogP contribution >= 0.6 is 0 Å². The van der Waals surface area contributed by atoms with Gasteiger partial charge in [0.15, 0.2) is 5.03 Å². The molecule has 0 atom stereocenters. The third kappa shape index (κ3) is 3.00. The number of sulfonamides is 1. The summed E-state index contributed by atoms with van der Waals surface area (Å²) in [6, 6.07) is 6.86. The maximum atomic E-state index is 13.8. The molecule has 0 unspecified atom stereocenters. The standard InChI is InChI=1S/C15H12F4N2O3S/c16-12-6-2-1-4-10(12)14(22)8-21(9-14)25(23,24)13-11(15(17,18)19)5-3-7-20-13/h1-7,22H,8-9H2. The van der Waals surface area contributed by atoms with Crippen molar-refractivity contribution in [3.05, 3.63) is 59.5 Å². The summed E-state index contributed by atoms with van der Waals surface area (Å²) in [7, 11) is -4.59. The van der Waals surface area contributed by atoms with Crippen LogP contribution < -0.4 is 0 Å². The van der Waals surface area contributed by atoms with E-state index in [4.69, 9.17) is 0 Å². The van der Waals surface area contributed by atoms with E-state index in [1.807, 2.05) is 0 Å². The first-order valence-corrected chi connectivity index (χ1v) is 8.49. The molecule has 2 heterocycles. The fraction of sp³-hybridized carbons (Fsp3) is 0.267. The van der Waals surface area contributed by atoms with E-state index in [2.05, 4.69) is 4.98 Å². The minimum Gasteiger partial charge on any atom is -0.382 e. The lowest BCUT2D eigenvalue weighted by Gasteiger charge is -2.45. The van der Waals surface area contributed by atoms with Crippen molar-refractivity contribution in [1.29, 1.82) is 0 Å². The van der Waals surface area contributed by atoms with E-state index in [-0.39, 0.29) is 5.56 Å². The van der Waals surface area contributed by atoms with E-state index in [1.165, 1.54) is 18.2 Å². The van der Waals surface area contributed by atoms with Crippen molar-refractivity contribution in [1.82, 2.24) is 9.29 Å². The molecule has 1 aromatic carbocycles. The van der Waals surface area contributed by atoms with Crippen molar-refractivity contribution < 1.29 is 31.1 Å². The molecule has 134 valence electrons. The summed E-state index contributed by atoms with van der Waals surface area (Å²) < 4.78 is 78.3. The zero-order valence-electron chi connectivity index (χ0n) is 12.5. The third-order valence-electron chi connectivity index (χ3n) is 3.91. The number of hydrogen-bond acceptors (Lipinski definition) is 4. The molecule has 2 aromatic rings. The number of aliphatic hydroxyl groups is 1. The minimum absolute atomic E-state index is 0.112. The van der Waals surface area contributed by atoms with Gasteiger partial charge in [0, 0.05) is 24.8 Å². The lowest BCUT2D eigenvalue weighted by molar-refractivity contribution is -0.140. The topological polar surface area (TPSA) is 70.5 Å². The van der Waals surface area contributed by atoms with E-state index >= 15 is 0 Å². The van der Waals surface area contributed by atoms with Crippen LogP contribution in [0.25, 0.3) is 0 Å². The van der Waals surface area contributed by atoms with E-state index < -0.39 is 51.3 Å². The number of pyridine rings is 1. The first-order chi connectivity index (χ1) is 11.6. The molecule has 10 heteroatoms. The van der Waals surface area contributed by atoms with Gasteiger partial charge in [-0.15, -0.1) is 0 Å². The molecule has 1 aliphatic rings. The summed E-state index contributed by atoms with van der Waals surface area (Å²) in [4.78, 5) is 3.35. The third-order valence-corrected chi connectivity index (χ3v) is 5.66. The zero-order valence-corrected chi connectivity index (χ0v) is 13.4. The number of nitrogens with zero attached hydrogens (tertiary/aromatic N) is 2. The van der Waals surface area contributed by atoms with Crippen LogP contribution in [0.15, 0.2) is 47.6 Å². The fourth-order valence-electron chi connectivity index (χ4n) is 2.65. The molecule has 0 spiro atoms. The van der Waals surface area contributed by atoms with Gasteiger partial charge in [0.2, 0.25) is 0 Å². The summed E-state index contributed by atoms with van der Waals surface area (Å²) in [5, 5.41) is 9.24. The molecule has 1 aliphatic heterocycles. The van der Waals surface area contributed by atoms with Crippen molar-refractivity contribution >= 4 is 10.0 Å². The number of hydrogen-bond donors (Lipinski definition) is 1.